The fourth-order valence-corrected chi connectivity index (χ4v) is 5.12. The molecule has 0 saturated heterocycles. The molecule has 39 heavy (non-hydrogen) atoms. The van der Waals surface area contributed by atoms with Crippen LogP contribution in [-0.2, 0) is 9.59 Å². The van der Waals surface area contributed by atoms with Crippen LogP contribution in [0.3, 0.4) is 0 Å². The molecule has 0 fully saturated rings. The van der Waals surface area contributed by atoms with E-state index in [4.69, 9.17) is 11.6 Å². The van der Waals surface area contributed by atoms with Crippen LogP contribution in [-0.4, -0.2) is 23.0 Å². The van der Waals surface area contributed by atoms with Gasteiger partial charge in [0.1, 0.15) is 5.70 Å². The summed E-state index contributed by atoms with van der Waals surface area (Å²) < 4.78 is 0. The lowest BCUT2D eigenvalue weighted by atomic mass is 10.2. The number of hydrogen-bond acceptors (Lipinski definition) is 5. The normalized spacial score (nSPS) is 11.9. The van der Waals surface area contributed by atoms with E-state index >= 15 is 0 Å². The Bertz CT molecular complexity index is 1490. The number of amides is 3. The summed E-state index contributed by atoms with van der Waals surface area (Å²) in [5.41, 5.74) is 3.53. The van der Waals surface area contributed by atoms with Crippen molar-refractivity contribution in [2.45, 2.75) is 24.0 Å². The second-order valence-corrected chi connectivity index (χ2v) is 11.2. The Morgan fingerprint density at radius 1 is 0.923 bits per heavy atom. The van der Waals surface area contributed by atoms with Gasteiger partial charge in [-0.15, -0.1) is 11.8 Å². The van der Waals surface area contributed by atoms with E-state index in [1.165, 1.54) is 23.1 Å². The fourth-order valence-electron chi connectivity index (χ4n) is 3.45. The Morgan fingerprint density at radius 3 is 2.31 bits per heavy atom. The number of halogens is 1. The van der Waals surface area contributed by atoms with Crippen molar-refractivity contribution in [3.63, 3.8) is 0 Å². The van der Waals surface area contributed by atoms with E-state index in [2.05, 4.69) is 16.0 Å². The summed E-state index contributed by atoms with van der Waals surface area (Å²) in [5, 5.41) is 12.5. The molecule has 3 aromatic carbocycles. The molecule has 3 amide bonds. The SMILES string of the molecule is Cc1ccc(NC(=O)C(C)Sc2ccc(NC(=O)/C(=C/c3ccsc3)NC(=O)c3ccccc3)cc2)cc1Cl. The molecule has 6 nitrogen and oxygen atoms in total. The zero-order chi connectivity index (χ0) is 27.8. The number of nitrogens with one attached hydrogen (secondary N) is 3. The second kappa shape index (κ2) is 13.3. The third kappa shape index (κ3) is 8.07. The lowest BCUT2D eigenvalue weighted by Crippen LogP contribution is -2.30. The molecule has 1 heterocycles. The highest BCUT2D eigenvalue weighted by Crippen LogP contribution is 2.27. The summed E-state index contributed by atoms with van der Waals surface area (Å²) in [6.07, 6.45) is 1.64. The zero-order valence-corrected chi connectivity index (χ0v) is 23.6. The maximum atomic E-state index is 13.1. The van der Waals surface area contributed by atoms with Gasteiger partial charge in [0.25, 0.3) is 11.8 Å². The molecule has 1 aromatic heterocycles. The van der Waals surface area contributed by atoms with Crippen molar-refractivity contribution in [2.24, 2.45) is 0 Å². The summed E-state index contributed by atoms with van der Waals surface area (Å²) in [5.74, 6) is -0.968. The largest absolute Gasteiger partial charge is 0.325 e. The average Bonchev–Trinajstić information content (AvgIpc) is 3.45. The van der Waals surface area contributed by atoms with E-state index in [-0.39, 0.29) is 22.8 Å². The molecule has 9 heteroatoms. The highest BCUT2D eigenvalue weighted by Gasteiger charge is 2.17. The minimum atomic E-state index is -0.449. The summed E-state index contributed by atoms with van der Waals surface area (Å²) in [4.78, 5) is 39.4. The number of hydrogen-bond donors (Lipinski definition) is 3. The van der Waals surface area contributed by atoms with Gasteiger partial charge in [0, 0.05) is 26.9 Å². The molecule has 0 radical (unpaired) electrons. The van der Waals surface area contributed by atoms with Gasteiger partial charge in [-0.3, -0.25) is 14.4 Å². The summed E-state index contributed by atoms with van der Waals surface area (Å²) >= 11 is 9.05. The van der Waals surface area contributed by atoms with Gasteiger partial charge < -0.3 is 16.0 Å². The van der Waals surface area contributed by atoms with Crippen molar-refractivity contribution >= 4 is 69.9 Å². The lowest BCUT2D eigenvalue weighted by molar-refractivity contribution is -0.115. The molecule has 1 atom stereocenters. The van der Waals surface area contributed by atoms with Crippen molar-refractivity contribution in [2.75, 3.05) is 10.6 Å². The van der Waals surface area contributed by atoms with Crippen molar-refractivity contribution in [1.82, 2.24) is 5.32 Å². The fraction of sp³-hybridized carbons (Fsp3) is 0.100. The number of thioether (sulfide) groups is 1. The van der Waals surface area contributed by atoms with Gasteiger partial charge in [-0.1, -0.05) is 35.9 Å². The molecular weight excluding hydrogens is 550 g/mol. The molecule has 0 aliphatic carbocycles. The minimum absolute atomic E-state index is 0.127. The topological polar surface area (TPSA) is 87.3 Å². The molecule has 0 aliphatic heterocycles. The predicted molar refractivity (Wildman–Crippen MR) is 161 cm³/mol. The first kappa shape index (κ1) is 28.2. The smallest absolute Gasteiger partial charge is 0.272 e. The first-order valence-electron chi connectivity index (χ1n) is 12.0. The van der Waals surface area contributed by atoms with Gasteiger partial charge >= 0.3 is 0 Å². The highest BCUT2D eigenvalue weighted by molar-refractivity contribution is 8.00. The van der Waals surface area contributed by atoms with E-state index in [1.807, 2.05) is 61.0 Å². The maximum absolute atomic E-state index is 13.1. The number of thiophene rings is 1. The van der Waals surface area contributed by atoms with E-state index in [9.17, 15) is 14.4 Å². The van der Waals surface area contributed by atoms with Gasteiger partial charge in [-0.2, -0.15) is 11.3 Å². The highest BCUT2D eigenvalue weighted by atomic mass is 35.5. The van der Waals surface area contributed by atoms with E-state index in [0.29, 0.717) is 22.0 Å². The molecule has 4 rings (SSSR count). The van der Waals surface area contributed by atoms with Crippen molar-refractivity contribution in [3.05, 3.63) is 117 Å². The first-order valence-corrected chi connectivity index (χ1v) is 14.2. The molecule has 4 aromatic rings. The molecule has 198 valence electrons. The van der Waals surface area contributed by atoms with Crippen LogP contribution in [0.4, 0.5) is 11.4 Å². The standard InChI is InChI=1S/C30H26ClN3O3S2/c1-19-8-9-24(17-26(19)31)33-28(35)20(2)39-25-12-10-23(11-13-25)32-30(37)27(16-21-14-15-38-18-21)34-29(36)22-6-4-3-5-7-22/h3-18,20H,1-2H3,(H,32,37)(H,33,35)(H,34,36)/b27-16-. The van der Waals surface area contributed by atoms with Crippen LogP contribution in [0, 0.1) is 6.92 Å². The Labute approximate surface area is 240 Å². The van der Waals surface area contributed by atoms with Crippen LogP contribution in [0.1, 0.15) is 28.4 Å². The van der Waals surface area contributed by atoms with Crippen LogP contribution < -0.4 is 16.0 Å². The van der Waals surface area contributed by atoms with Gasteiger partial charge in [0.05, 0.1) is 5.25 Å². The summed E-state index contributed by atoms with van der Waals surface area (Å²) in [6.45, 7) is 3.72. The minimum Gasteiger partial charge on any atom is -0.325 e. The Hall–Kier alpha value is -3.85. The monoisotopic (exact) mass is 575 g/mol. The van der Waals surface area contributed by atoms with Crippen LogP contribution >= 0.6 is 34.7 Å². The maximum Gasteiger partial charge on any atom is 0.272 e. The van der Waals surface area contributed by atoms with Gasteiger partial charge in [0.15, 0.2) is 0 Å². The van der Waals surface area contributed by atoms with Crippen molar-refractivity contribution in [3.8, 4) is 0 Å². The molecule has 0 bridgehead atoms. The average molecular weight is 576 g/mol. The molecular formula is C30H26ClN3O3S2. The van der Waals surface area contributed by atoms with Crippen molar-refractivity contribution < 1.29 is 14.4 Å². The van der Waals surface area contributed by atoms with Crippen LogP contribution in [0.15, 0.2) is 100 Å². The van der Waals surface area contributed by atoms with Crippen LogP contribution in [0.25, 0.3) is 6.08 Å². The third-order valence-electron chi connectivity index (χ3n) is 5.62. The van der Waals surface area contributed by atoms with Gasteiger partial charge in [-0.25, -0.2) is 0 Å². The number of anilines is 2. The first-order chi connectivity index (χ1) is 18.8. The Balaban J connectivity index is 1.39. The third-order valence-corrected chi connectivity index (χ3v) is 7.84. The molecule has 0 spiro atoms. The lowest BCUT2D eigenvalue weighted by Gasteiger charge is -2.14. The van der Waals surface area contributed by atoms with E-state index in [0.717, 1.165) is 16.0 Å². The van der Waals surface area contributed by atoms with Gasteiger partial charge in [0.2, 0.25) is 5.91 Å². The molecule has 0 saturated carbocycles. The van der Waals surface area contributed by atoms with E-state index in [1.54, 1.807) is 48.5 Å². The molecule has 3 N–H and O–H groups in total. The second-order valence-electron chi connectivity index (χ2n) is 8.63. The zero-order valence-electron chi connectivity index (χ0n) is 21.2. The Kier molecular flexibility index (Phi) is 9.59. The Morgan fingerprint density at radius 2 is 1.64 bits per heavy atom. The number of carbonyl (C=O) groups is 3. The van der Waals surface area contributed by atoms with Gasteiger partial charge in [-0.05, 0) is 96.4 Å². The number of carbonyl (C=O) groups excluding carboxylic acids is 3. The number of benzene rings is 3. The predicted octanol–water partition coefficient (Wildman–Crippen LogP) is 7.24. The summed E-state index contributed by atoms with van der Waals surface area (Å²) in [6, 6.07) is 23.2. The number of aryl methyl sites for hydroxylation is 1. The quantitative estimate of drug-likeness (QED) is 0.145. The summed E-state index contributed by atoms with van der Waals surface area (Å²) in [7, 11) is 0. The van der Waals surface area contributed by atoms with Crippen LogP contribution in [0.5, 0.6) is 0 Å². The van der Waals surface area contributed by atoms with Crippen molar-refractivity contribution in [1.29, 1.82) is 0 Å². The molecule has 1 unspecified atom stereocenters. The van der Waals surface area contributed by atoms with E-state index < -0.39 is 5.91 Å². The number of rotatable bonds is 9. The van der Waals surface area contributed by atoms with Crippen LogP contribution in [0.2, 0.25) is 5.02 Å². The molecule has 0 aliphatic rings.